The maximum absolute atomic E-state index is 5.75. The molecule has 0 saturated carbocycles. The molecule has 0 fully saturated rings. The van der Waals surface area contributed by atoms with Gasteiger partial charge in [0, 0.05) is 24.0 Å². The van der Waals surface area contributed by atoms with Crippen LogP contribution in [0.2, 0.25) is 0 Å². The van der Waals surface area contributed by atoms with E-state index in [4.69, 9.17) is 4.74 Å². The molecule has 0 amide bonds. The Kier molecular flexibility index (Phi) is 6.02. The van der Waals surface area contributed by atoms with E-state index in [0.29, 0.717) is 6.61 Å². The summed E-state index contributed by atoms with van der Waals surface area (Å²) in [6.45, 7) is 6.85. The predicted octanol–water partition coefficient (Wildman–Crippen LogP) is 3.44. The minimum Gasteiger partial charge on any atom is -0.493 e. The van der Waals surface area contributed by atoms with E-state index >= 15 is 0 Å². The molecule has 0 radical (unpaired) electrons. The van der Waals surface area contributed by atoms with Crippen molar-refractivity contribution >= 4 is 11.3 Å². The molecule has 1 aromatic carbocycles. The highest BCUT2D eigenvalue weighted by Gasteiger charge is 2.02. The summed E-state index contributed by atoms with van der Waals surface area (Å²) in [5, 5.41) is 4.45. The molecule has 0 atom stereocenters. The Morgan fingerprint density at radius 2 is 2.00 bits per heavy atom. The Hall–Kier alpha value is -1.39. The van der Waals surface area contributed by atoms with Crippen LogP contribution in [0.25, 0.3) is 0 Å². The van der Waals surface area contributed by atoms with Crippen LogP contribution >= 0.6 is 11.3 Å². The van der Waals surface area contributed by atoms with Crippen LogP contribution in [0.15, 0.2) is 30.5 Å². The van der Waals surface area contributed by atoms with E-state index in [2.05, 4.69) is 36.3 Å². The molecule has 1 heterocycles. The third kappa shape index (κ3) is 4.62. The summed E-state index contributed by atoms with van der Waals surface area (Å²) >= 11 is 1.76. The van der Waals surface area contributed by atoms with Crippen LogP contribution in [-0.2, 0) is 19.4 Å². The van der Waals surface area contributed by atoms with Crippen LogP contribution in [0.3, 0.4) is 0 Å². The maximum atomic E-state index is 5.75. The fourth-order valence-corrected chi connectivity index (χ4v) is 2.74. The molecule has 0 spiro atoms. The molecule has 2 rings (SSSR count). The number of hydrogen-bond donors (Lipinski definition) is 1. The van der Waals surface area contributed by atoms with E-state index in [1.165, 1.54) is 10.4 Å². The molecule has 0 saturated heterocycles. The fourth-order valence-electron chi connectivity index (χ4n) is 1.87. The minimum atomic E-state index is 0.680. The summed E-state index contributed by atoms with van der Waals surface area (Å²) in [5.41, 5.74) is 1.34. The predicted molar refractivity (Wildman–Crippen MR) is 84.5 cm³/mol. The van der Waals surface area contributed by atoms with Crippen LogP contribution in [-0.4, -0.2) is 18.1 Å². The number of aromatic nitrogens is 1. The first-order valence-electron chi connectivity index (χ1n) is 7.17. The van der Waals surface area contributed by atoms with Crippen molar-refractivity contribution in [2.75, 3.05) is 13.2 Å². The Balaban J connectivity index is 1.75. The Morgan fingerprint density at radius 3 is 2.70 bits per heavy atom. The second-order valence-electron chi connectivity index (χ2n) is 4.60. The van der Waals surface area contributed by atoms with Crippen molar-refractivity contribution in [3.05, 3.63) is 45.9 Å². The number of rotatable bonds is 8. The SMILES string of the molecule is CCNCc1cnc(CCOc2ccc(CC)cc2)s1. The number of thiazole rings is 1. The monoisotopic (exact) mass is 290 g/mol. The molecule has 1 aromatic heterocycles. The molecule has 0 aliphatic heterocycles. The summed E-state index contributed by atoms with van der Waals surface area (Å²) in [6, 6.07) is 8.31. The minimum absolute atomic E-state index is 0.680. The average molecular weight is 290 g/mol. The van der Waals surface area contributed by atoms with E-state index in [0.717, 1.165) is 36.7 Å². The molecule has 0 aliphatic rings. The van der Waals surface area contributed by atoms with Gasteiger partial charge in [-0.1, -0.05) is 26.0 Å². The van der Waals surface area contributed by atoms with E-state index in [-0.39, 0.29) is 0 Å². The van der Waals surface area contributed by atoms with Gasteiger partial charge in [0.05, 0.1) is 11.6 Å². The van der Waals surface area contributed by atoms with Crippen LogP contribution in [0, 0.1) is 0 Å². The molecule has 1 N–H and O–H groups in total. The average Bonchev–Trinajstić information content (AvgIpc) is 2.94. The first-order valence-corrected chi connectivity index (χ1v) is 7.99. The normalized spacial score (nSPS) is 10.7. The number of aryl methyl sites for hydroxylation is 1. The molecule has 108 valence electrons. The fraction of sp³-hybridized carbons (Fsp3) is 0.438. The number of ether oxygens (including phenoxy) is 1. The van der Waals surface area contributed by atoms with Gasteiger partial charge in [0.1, 0.15) is 5.75 Å². The zero-order chi connectivity index (χ0) is 14.2. The molecule has 20 heavy (non-hydrogen) atoms. The quantitative estimate of drug-likeness (QED) is 0.808. The van der Waals surface area contributed by atoms with Crippen LogP contribution < -0.4 is 10.1 Å². The van der Waals surface area contributed by atoms with E-state index in [1.54, 1.807) is 11.3 Å². The number of benzene rings is 1. The Labute approximate surface area is 125 Å². The second kappa shape index (κ2) is 8.02. The van der Waals surface area contributed by atoms with E-state index < -0.39 is 0 Å². The maximum Gasteiger partial charge on any atom is 0.119 e. The van der Waals surface area contributed by atoms with Crippen LogP contribution in [0.5, 0.6) is 5.75 Å². The highest BCUT2D eigenvalue weighted by molar-refractivity contribution is 7.11. The summed E-state index contributed by atoms with van der Waals surface area (Å²) < 4.78 is 5.75. The smallest absolute Gasteiger partial charge is 0.119 e. The van der Waals surface area contributed by atoms with Crippen molar-refractivity contribution in [2.45, 2.75) is 33.2 Å². The van der Waals surface area contributed by atoms with Gasteiger partial charge in [0.15, 0.2) is 0 Å². The van der Waals surface area contributed by atoms with Crippen molar-refractivity contribution < 1.29 is 4.74 Å². The Bertz CT molecular complexity index is 507. The highest BCUT2D eigenvalue weighted by Crippen LogP contribution is 2.15. The molecule has 0 unspecified atom stereocenters. The van der Waals surface area contributed by atoms with Gasteiger partial charge < -0.3 is 10.1 Å². The van der Waals surface area contributed by atoms with Gasteiger partial charge in [0.25, 0.3) is 0 Å². The van der Waals surface area contributed by atoms with E-state index in [9.17, 15) is 0 Å². The van der Waals surface area contributed by atoms with Crippen LogP contribution in [0.4, 0.5) is 0 Å². The lowest BCUT2D eigenvalue weighted by Gasteiger charge is -2.05. The molecular weight excluding hydrogens is 268 g/mol. The zero-order valence-electron chi connectivity index (χ0n) is 12.2. The van der Waals surface area contributed by atoms with Gasteiger partial charge in [-0.15, -0.1) is 11.3 Å². The summed E-state index contributed by atoms with van der Waals surface area (Å²) in [5.74, 6) is 0.937. The number of nitrogens with one attached hydrogen (secondary N) is 1. The Morgan fingerprint density at radius 1 is 1.20 bits per heavy atom. The molecule has 0 bridgehead atoms. The highest BCUT2D eigenvalue weighted by atomic mass is 32.1. The topological polar surface area (TPSA) is 34.2 Å². The van der Waals surface area contributed by atoms with E-state index in [1.807, 2.05) is 18.3 Å². The van der Waals surface area contributed by atoms with Crippen molar-refractivity contribution in [3.63, 3.8) is 0 Å². The molecule has 0 aliphatic carbocycles. The van der Waals surface area contributed by atoms with Gasteiger partial charge in [-0.25, -0.2) is 4.98 Å². The summed E-state index contributed by atoms with van der Waals surface area (Å²) in [4.78, 5) is 5.71. The van der Waals surface area contributed by atoms with Crippen molar-refractivity contribution in [3.8, 4) is 5.75 Å². The van der Waals surface area contributed by atoms with Crippen molar-refractivity contribution in [2.24, 2.45) is 0 Å². The second-order valence-corrected chi connectivity index (χ2v) is 5.80. The van der Waals surface area contributed by atoms with Gasteiger partial charge in [0.2, 0.25) is 0 Å². The van der Waals surface area contributed by atoms with Gasteiger partial charge in [-0.3, -0.25) is 0 Å². The zero-order valence-corrected chi connectivity index (χ0v) is 13.0. The van der Waals surface area contributed by atoms with Crippen molar-refractivity contribution in [1.29, 1.82) is 0 Å². The summed E-state index contributed by atoms with van der Waals surface area (Å²) in [7, 11) is 0. The summed E-state index contributed by atoms with van der Waals surface area (Å²) in [6.07, 6.45) is 3.89. The standard InChI is InChI=1S/C16H22N2OS/c1-3-13-5-7-14(8-6-13)19-10-9-16-18-12-15(20-16)11-17-4-2/h5-8,12,17H,3-4,9-11H2,1-2H3. The lowest BCUT2D eigenvalue weighted by molar-refractivity contribution is 0.321. The van der Waals surface area contributed by atoms with Gasteiger partial charge in [-0.2, -0.15) is 0 Å². The molecule has 3 nitrogen and oxygen atoms in total. The lowest BCUT2D eigenvalue weighted by atomic mass is 10.2. The number of nitrogens with zero attached hydrogens (tertiary/aromatic N) is 1. The first kappa shape index (κ1) is 15.0. The molecular formula is C16H22N2OS. The first-order chi connectivity index (χ1) is 9.81. The number of hydrogen-bond acceptors (Lipinski definition) is 4. The largest absolute Gasteiger partial charge is 0.493 e. The third-order valence-corrected chi connectivity index (χ3v) is 4.12. The molecule has 2 aromatic rings. The lowest BCUT2D eigenvalue weighted by Crippen LogP contribution is -2.10. The van der Waals surface area contributed by atoms with Crippen molar-refractivity contribution in [1.82, 2.24) is 10.3 Å². The molecule has 4 heteroatoms. The van der Waals surface area contributed by atoms with Gasteiger partial charge >= 0.3 is 0 Å². The third-order valence-electron chi connectivity index (χ3n) is 3.07. The van der Waals surface area contributed by atoms with Crippen LogP contribution in [0.1, 0.15) is 29.3 Å². The van der Waals surface area contributed by atoms with Gasteiger partial charge in [-0.05, 0) is 30.7 Å².